The first-order chi connectivity index (χ1) is 8.56. The zero-order valence-electron chi connectivity index (χ0n) is 11.2. The summed E-state index contributed by atoms with van der Waals surface area (Å²) in [6.45, 7) is 5.34. The Hall–Kier alpha value is -0.930. The van der Waals surface area contributed by atoms with Crippen LogP contribution in [0.5, 0.6) is 0 Å². The van der Waals surface area contributed by atoms with Gasteiger partial charge in [-0.3, -0.25) is 4.98 Å². The smallest absolute Gasteiger partial charge is 0.0730 e. The highest BCUT2D eigenvalue weighted by molar-refractivity contribution is 5.19. The molecule has 0 radical (unpaired) electrons. The molecule has 3 rings (SSSR count). The fraction of sp³-hybridized carbons (Fsp3) is 0.667. The highest BCUT2D eigenvalue weighted by Crippen LogP contribution is 2.60. The van der Waals surface area contributed by atoms with Gasteiger partial charge in [0, 0.05) is 18.3 Å². The van der Waals surface area contributed by atoms with Crippen LogP contribution >= 0.6 is 0 Å². The molecule has 2 fully saturated rings. The lowest BCUT2D eigenvalue weighted by molar-refractivity contribution is 0.0364. The van der Waals surface area contributed by atoms with E-state index in [0.717, 1.165) is 25.1 Å². The van der Waals surface area contributed by atoms with Crippen molar-refractivity contribution in [3.63, 3.8) is 0 Å². The number of aromatic nitrogens is 1. The molecular formula is C15H22N2O. The maximum Gasteiger partial charge on any atom is 0.0730 e. The lowest BCUT2D eigenvalue weighted by atomic mass is 9.75. The Morgan fingerprint density at radius 1 is 1.44 bits per heavy atom. The minimum atomic E-state index is -0.213. The molecule has 0 aromatic carbocycles. The Labute approximate surface area is 109 Å². The van der Waals surface area contributed by atoms with Crippen molar-refractivity contribution in [2.24, 2.45) is 11.3 Å². The summed E-state index contributed by atoms with van der Waals surface area (Å²) in [5.74, 6) is 0.656. The number of rotatable bonds is 3. The average Bonchev–Trinajstić information content (AvgIpc) is 2.72. The summed E-state index contributed by atoms with van der Waals surface area (Å²) in [6, 6.07) is 5.97. The van der Waals surface area contributed by atoms with Crippen LogP contribution in [-0.4, -0.2) is 21.7 Å². The van der Waals surface area contributed by atoms with Crippen LogP contribution in [0, 0.1) is 11.3 Å². The standard InChI is InChI=1S/C15H22N2O/c1-14(2)11-6-7-15(14,13(18)9-11)17-10-12-5-3-4-8-16-12/h3-5,8,11,13,17-18H,6-7,9-10H2,1-2H3/t11?,13-,15?/m1/s1. The highest BCUT2D eigenvalue weighted by atomic mass is 16.3. The molecule has 0 amide bonds. The molecule has 3 atom stereocenters. The number of hydrogen-bond donors (Lipinski definition) is 2. The van der Waals surface area contributed by atoms with Crippen molar-refractivity contribution in [3.8, 4) is 0 Å². The Morgan fingerprint density at radius 3 is 2.83 bits per heavy atom. The molecule has 2 bridgehead atoms. The van der Waals surface area contributed by atoms with Crippen molar-refractivity contribution < 1.29 is 5.11 Å². The molecule has 2 saturated carbocycles. The first-order valence-electron chi connectivity index (χ1n) is 6.89. The van der Waals surface area contributed by atoms with Crippen molar-refractivity contribution in [1.82, 2.24) is 10.3 Å². The van der Waals surface area contributed by atoms with Crippen molar-refractivity contribution in [2.45, 2.75) is 51.3 Å². The average molecular weight is 246 g/mol. The van der Waals surface area contributed by atoms with Gasteiger partial charge in [-0.15, -0.1) is 0 Å². The molecule has 0 saturated heterocycles. The van der Waals surface area contributed by atoms with E-state index >= 15 is 0 Å². The van der Waals surface area contributed by atoms with Gasteiger partial charge >= 0.3 is 0 Å². The van der Waals surface area contributed by atoms with E-state index < -0.39 is 0 Å². The lowest BCUT2D eigenvalue weighted by Crippen LogP contribution is -2.57. The van der Waals surface area contributed by atoms with E-state index in [1.165, 1.54) is 6.42 Å². The summed E-state index contributed by atoms with van der Waals surface area (Å²) in [7, 11) is 0. The molecule has 2 N–H and O–H groups in total. The van der Waals surface area contributed by atoms with Crippen molar-refractivity contribution >= 4 is 0 Å². The van der Waals surface area contributed by atoms with Crippen molar-refractivity contribution in [1.29, 1.82) is 0 Å². The van der Waals surface area contributed by atoms with E-state index in [1.54, 1.807) is 0 Å². The van der Waals surface area contributed by atoms with Gasteiger partial charge in [-0.25, -0.2) is 0 Å². The van der Waals surface area contributed by atoms with Crippen LogP contribution in [0.15, 0.2) is 24.4 Å². The maximum atomic E-state index is 10.4. The Bertz CT molecular complexity index is 431. The van der Waals surface area contributed by atoms with E-state index in [2.05, 4.69) is 24.1 Å². The minimum Gasteiger partial charge on any atom is -0.391 e. The first kappa shape index (κ1) is 12.1. The SMILES string of the molecule is CC1(C)C2CCC1(NCc1ccccn1)[C@H](O)C2. The quantitative estimate of drug-likeness (QED) is 0.858. The molecule has 3 nitrogen and oxygen atoms in total. The normalized spacial score (nSPS) is 37.1. The first-order valence-corrected chi connectivity index (χ1v) is 6.89. The number of fused-ring (bicyclic) bond motifs is 2. The molecule has 1 aromatic rings. The number of nitrogens with one attached hydrogen (secondary N) is 1. The second-order valence-corrected chi connectivity index (χ2v) is 6.35. The van der Waals surface area contributed by atoms with Gasteiger partial charge in [-0.1, -0.05) is 19.9 Å². The topological polar surface area (TPSA) is 45.2 Å². The number of hydrogen-bond acceptors (Lipinski definition) is 3. The van der Waals surface area contributed by atoms with Crippen LogP contribution in [0.3, 0.4) is 0 Å². The molecule has 2 aliphatic rings. The molecule has 1 heterocycles. The molecule has 3 heteroatoms. The van der Waals surface area contributed by atoms with Gasteiger partial charge in [0.15, 0.2) is 0 Å². The van der Waals surface area contributed by atoms with Crippen LogP contribution in [0.2, 0.25) is 0 Å². The Balaban J connectivity index is 1.79. The minimum absolute atomic E-state index is 0.116. The zero-order chi connectivity index (χ0) is 12.8. The van der Waals surface area contributed by atoms with Crippen LogP contribution in [0.25, 0.3) is 0 Å². The molecule has 18 heavy (non-hydrogen) atoms. The fourth-order valence-electron chi connectivity index (χ4n) is 4.11. The maximum absolute atomic E-state index is 10.4. The predicted molar refractivity (Wildman–Crippen MR) is 70.9 cm³/mol. The van der Waals surface area contributed by atoms with Gasteiger partial charge in [-0.05, 0) is 42.7 Å². The molecule has 2 unspecified atom stereocenters. The third-order valence-corrected chi connectivity index (χ3v) is 5.45. The predicted octanol–water partition coefficient (Wildman–Crippen LogP) is 2.11. The third kappa shape index (κ3) is 1.54. The summed E-state index contributed by atoms with van der Waals surface area (Å²) >= 11 is 0. The highest BCUT2D eigenvalue weighted by Gasteiger charge is 2.63. The summed E-state index contributed by atoms with van der Waals surface area (Å²) < 4.78 is 0. The largest absolute Gasteiger partial charge is 0.391 e. The second-order valence-electron chi connectivity index (χ2n) is 6.35. The summed E-state index contributed by atoms with van der Waals surface area (Å²) in [5, 5.41) is 14.0. The number of aliphatic hydroxyl groups excluding tert-OH is 1. The number of nitrogens with zero attached hydrogens (tertiary/aromatic N) is 1. The van der Waals surface area contributed by atoms with Gasteiger partial charge < -0.3 is 10.4 Å². The van der Waals surface area contributed by atoms with Crippen LogP contribution in [-0.2, 0) is 6.54 Å². The Kier molecular flexibility index (Phi) is 2.72. The summed E-state index contributed by atoms with van der Waals surface area (Å²) in [4.78, 5) is 4.35. The number of aliphatic hydroxyl groups is 1. The molecule has 0 spiro atoms. The van der Waals surface area contributed by atoms with Gasteiger partial charge in [0.1, 0.15) is 0 Å². The van der Waals surface area contributed by atoms with Crippen LogP contribution in [0.1, 0.15) is 38.8 Å². The number of pyridine rings is 1. The third-order valence-electron chi connectivity index (χ3n) is 5.45. The molecule has 0 aliphatic heterocycles. The van der Waals surface area contributed by atoms with Crippen LogP contribution in [0.4, 0.5) is 0 Å². The van der Waals surface area contributed by atoms with E-state index in [1.807, 2.05) is 24.4 Å². The van der Waals surface area contributed by atoms with Gasteiger partial charge in [-0.2, -0.15) is 0 Å². The molecule has 98 valence electrons. The van der Waals surface area contributed by atoms with E-state index in [-0.39, 0.29) is 17.1 Å². The lowest BCUT2D eigenvalue weighted by Gasteiger charge is -2.41. The second kappa shape index (κ2) is 4.04. The summed E-state index contributed by atoms with van der Waals surface area (Å²) in [5.41, 5.74) is 1.11. The zero-order valence-corrected chi connectivity index (χ0v) is 11.2. The van der Waals surface area contributed by atoms with Crippen LogP contribution < -0.4 is 5.32 Å². The van der Waals surface area contributed by atoms with Gasteiger partial charge in [0.25, 0.3) is 0 Å². The molecular weight excluding hydrogens is 224 g/mol. The fourth-order valence-corrected chi connectivity index (χ4v) is 4.11. The van der Waals surface area contributed by atoms with Crippen molar-refractivity contribution in [2.75, 3.05) is 0 Å². The summed E-state index contributed by atoms with van der Waals surface area (Å²) in [6.07, 6.45) is 4.87. The Morgan fingerprint density at radius 2 is 2.28 bits per heavy atom. The monoisotopic (exact) mass is 246 g/mol. The molecule has 2 aliphatic carbocycles. The van der Waals surface area contributed by atoms with E-state index in [0.29, 0.717) is 5.92 Å². The molecule has 1 aromatic heterocycles. The van der Waals surface area contributed by atoms with Crippen molar-refractivity contribution in [3.05, 3.63) is 30.1 Å². The van der Waals surface area contributed by atoms with E-state index in [9.17, 15) is 5.11 Å². The van der Waals surface area contributed by atoms with Gasteiger partial charge in [0.2, 0.25) is 0 Å². The van der Waals surface area contributed by atoms with Gasteiger partial charge in [0.05, 0.1) is 11.8 Å². The van der Waals surface area contributed by atoms with E-state index in [4.69, 9.17) is 0 Å².